The van der Waals surface area contributed by atoms with Crippen LogP contribution in [0.5, 0.6) is 0 Å². The molecule has 0 spiro atoms. The second kappa shape index (κ2) is 7.22. The molecule has 1 amide bonds. The average Bonchev–Trinajstić information content (AvgIpc) is 3.45. The number of oxazole rings is 1. The van der Waals surface area contributed by atoms with Crippen molar-refractivity contribution in [3.05, 3.63) is 58.9 Å². The van der Waals surface area contributed by atoms with E-state index in [1.807, 2.05) is 4.90 Å². The fourth-order valence-corrected chi connectivity index (χ4v) is 4.62. The van der Waals surface area contributed by atoms with E-state index in [1.54, 1.807) is 24.5 Å². The molecule has 3 aromatic rings. The summed E-state index contributed by atoms with van der Waals surface area (Å²) in [5.41, 5.74) is 0.374. The monoisotopic (exact) mass is 457 g/mol. The van der Waals surface area contributed by atoms with E-state index in [0.717, 1.165) is 23.7 Å². The summed E-state index contributed by atoms with van der Waals surface area (Å²) in [6, 6.07) is 4.63. The summed E-state index contributed by atoms with van der Waals surface area (Å²) in [4.78, 5) is 27.9. The molecule has 2 saturated heterocycles. The number of hydrogen-bond donors (Lipinski definition) is 1. The zero-order chi connectivity index (χ0) is 20.0. The van der Waals surface area contributed by atoms with Crippen molar-refractivity contribution >= 4 is 27.8 Å². The SMILES string of the molecule is O=C(c1cccc(F)c1-c1ncco1)N1[C@@H]2CC[C@H]1[C@H](Nc1ncc(Br)cn1)C2. The minimum Gasteiger partial charge on any atom is -0.444 e. The highest BCUT2D eigenvalue weighted by Gasteiger charge is 2.49. The summed E-state index contributed by atoms with van der Waals surface area (Å²) in [6.45, 7) is 0. The van der Waals surface area contributed by atoms with Gasteiger partial charge in [-0.05, 0) is 47.3 Å². The van der Waals surface area contributed by atoms with Gasteiger partial charge in [0.15, 0.2) is 0 Å². The van der Waals surface area contributed by atoms with Crippen LogP contribution in [0.4, 0.5) is 10.3 Å². The first-order valence-corrected chi connectivity index (χ1v) is 10.2. The van der Waals surface area contributed by atoms with Crippen LogP contribution in [0, 0.1) is 5.82 Å². The van der Waals surface area contributed by atoms with Crippen molar-refractivity contribution in [3.8, 4) is 11.5 Å². The fraction of sp³-hybridized carbons (Fsp3) is 0.300. The zero-order valence-electron chi connectivity index (χ0n) is 15.3. The van der Waals surface area contributed by atoms with Crippen LogP contribution in [0.15, 0.2) is 51.9 Å². The molecule has 7 nitrogen and oxygen atoms in total. The van der Waals surface area contributed by atoms with Crippen molar-refractivity contribution in [1.82, 2.24) is 19.9 Å². The molecule has 29 heavy (non-hydrogen) atoms. The van der Waals surface area contributed by atoms with Crippen LogP contribution in [-0.2, 0) is 0 Å². The summed E-state index contributed by atoms with van der Waals surface area (Å²) in [7, 11) is 0. The lowest BCUT2D eigenvalue weighted by Gasteiger charge is -2.25. The molecule has 2 aliphatic rings. The Morgan fingerprint density at radius 3 is 2.83 bits per heavy atom. The van der Waals surface area contributed by atoms with Crippen LogP contribution in [0.1, 0.15) is 29.6 Å². The van der Waals surface area contributed by atoms with Gasteiger partial charge >= 0.3 is 0 Å². The maximum atomic E-state index is 14.6. The molecular formula is C20H17BrFN5O2. The molecule has 5 rings (SSSR count). The molecular weight excluding hydrogens is 441 g/mol. The summed E-state index contributed by atoms with van der Waals surface area (Å²) >= 11 is 3.33. The van der Waals surface area contributed by atoms with Crippen molar-refractivity contribution in [1.29, 1.82) is 0 Å². The van der Waals surface area contributed by atoms with Crippen molar-refractivity contribution in [2.24, 2.45) is 0 Å². The number of carbonyl (C=O) groups is 1. The molecule has 2 fully saturated rings. The Balaban J connectivity index is 1.43. The Hall–Kier alpha value is -2.81. The summed E-state index contributed by atoms with van der Waals surface area (Å²) in [5, 5.41) is 3.35. The number of halogens is 2. The van der Waals surface area contributed by atoms with E-state index in [4.69, 9.17) is 4.42 Å². The quantitative estimate of drug-likeness (QED) is 0.639. The standard InChI is InChI=1S/C20H17BrFN5O2/c21-11-9-24-20(25-10-11)26-15-8-12-4-5-16(15)27(12)19(28)13-2-1-3-14(22)17(13)18-23-6-7-29-18/h1-3,6-7,9-10,12,15-16H,4-5,8H2,(H,24,25,26)/t12-,15-,16+/m1/s1. The van der Waals surface area contributed by atoms with Gasteiger partial charge in [0.05, 0.1) is 33.9 Å². The van der Waals surface area contributed by atoms with Gasteiger partial charge in [-0.2, -0.15) is 0 Å². The van der Waals surface area contributed by atoms with Gasteiger partial charge in [0, 0.05) is 18.4 Å². The zero-order valence-corrected chi connectivity index (χ0v) is 16.8. The first-order chi connectivity index (χ1) is 14.1. The van der Waals surface area contributed by atoms with E-state index in [0.29, 0.717) is 5.95 Å². The first kappa shape index (κ1) is 18.2. The number of nitrogens with one attached hydrogen (secondary N) is 1. The molecule has 2 aromatic heterocycles. The van der Waals surface area contributed by atoms with E-state index in [2.05, 4.69) is 36.2 Å². The summed E-state index contributed by atoms with van der Waals surface area (Å²) in [5.74, 6) is -0.0886. The normalized spacial score (nSPS) is 22.8. The number of anilines is 1. The topological polar surface area (TPSA) is 84.2 Å². The smallest absolute Gasteiger partial charge is 0.255 e. The highest BCUT2D eigenvalue weighted by molar-refractivity contribution is 9.10. The minimum absolute atomic E-state index is 0.000393. The van der Waals surface area contributed by atoms with Crippen molar-refractivity contribution < 1.29 is 13.6 Å². The molecule has 0 radical (unpaired) electrons. The third kappa shape index (κ3) is 3.19. The Kier molecular flexibility index (Phi) is 4.54. The lowest BCUT2D eigenvalue weighted by molar-refractivity contribution is 0.0727. The molecule has 0 saturated carbocycles. The Morgan fingerprint density at radius 1 is 1.24 bits per heavy atom. The third-order valence-electron chi connectivity index (χ3n) is 5.60. The van der Waals surface area contributed by atoms with E-state index in [9.17, 15) is 9.18 Å². The highest BCUT2D eigenvalue weighted by atomic mass is 79.9. The number of benzene rings is 1. The minimum atomic E-state index is -0.525. The second-order valence-electron chi connectivity index (χ2n) is 7.22. The van der Waals surface area contributed by atoms with Gasteiger partial charge in [0.1, 0.15) is 12.1 Å². The Morgan fingerprint density at radius 2 is 2.07 bits per heavy atom. The molecule has 148 valence electrons. The number of rotatable bonds is 4. The van der Waals surface area contributed by atoms with Crippen LogP contribution in [-0.4, -0.2) is 43.9 Å². The summed E-state index contributed by atoms with van der Waals surface area (Å²) < 4.78 is 20.6. The lowest BCUT2D eigenvalue weighted by atomic mass is 9.96. The number of fused-ring (bicyclic) bond motifs is 2. The average molecular weight is 458 g/mol. The lowest BCUT2D eigenvalue weighted by Crippen LogP contribution is -2.40. The van der Waals surface area contributed by atoms with Crippen LogP contribution in [0.25, 0.3) is 11.5 Å². The van der Waals surface area contributed by atoms with Gasteiger partial charge < -0.3 is 14.6 Å². The van der Waals surface area contributed by atoms with Gasteiger partial charge in [-0.15, -0.1) is 0 Å². The van der Waals surface area contributed by atoms with Gasteiger partial charge in [-0.1, -0.05) is 6.07 Å². The predicted molar refractivity (Wildman–Crippen MR) is 107 cm³/mol. The highest BCUT2D eigenvalue weighted by Crippen LogP contribution is 2.41. The maximum Gasteiger partial charge on any atom is 0.255 e. The summed E-state index contributed by atoms with van der Waals surface area (Å²) in [6.07, 6.45) is 8.79. The molecule has 0 unspecified atom stereocenters. The van der Waals surface area contributed by atoms with Gasteiger partial charge in [-0.25, -0.2) is 19.3 Å². The third-order valence-corrected chi connectivity index (χ3v) is 6.01. The van der Waals surface area contributed by atoms with E-state index < -0.39 is 5.82 Å². The molecule has 0 aliphatic carbocycles. The van der Waals surface area contributed by atoms with Gasteiger partial charge in [0.2, 0.25) is 11.8 Å². The van der Waals surface area contributed by atoms with Crippen LogP contribution in [0.2, 0.25) is 0 Å². The molecule has 3 atom stereocenters. The largest absolute Gasteiger partial charge is 0.444 e. The molecule has 2 aliphatic heterocycles. The van der Waals surface area contributed by atoms with E-state index in [1.165, 1.54) is 18.5 Å². The Labute approximate surface area is 174 Å². The predicted octanol–water partition coefficient (Wildman–Crippen LogP) is 3.89. The molecule has 1 N–H and O–H groups in total. The number of nitrogens with zero attached hydrogens (tertiary/aromatic N) is 4. The Bertz CT molecular complexity index is 1040. The van der Waals surface area contributed by atoms with Crippen molar-refractivity contribution in [3.63, 3.8) is 0 Å². The van der Waals surface area contributed by atoms with Gasteiger partial charge in [0.25, 0.3) is 5.91 Å². The molecule has 4 heterocycles. The number of hydrogen-bond acceptors (Lipinski definition) is 6. The van der Waals surface area contributed by atoms with Crippen LogP contribution < -0.4 is 5.32 Å². The molecule has 1 aromatic carbocycles. The number of amides is 1. The molecule has 9 heteroatoms. The second-order valence-corrected chi connectivity index (χ2v) is 8.14. The van der Waals surface area contributed by atoms with E-state index in [-0.39, 0.29) is 41.1 Å². The molecule has 2 bridgehead atoms. The van der Waals surface area contributed by atoms with Gasteiger partial charge in [-0.3, -0.25) is 4.79 Å². The van der Waals surface area contributed by atoms with Crippen molar-refractivity contribution in [2.45, 2.75) is 37.4 Å². The van der Waals surface area contributed by atoms with Crippen LogP contribution in [0.3, 0.4) is 0 Å². The maximum absolute atomic E-state index is 14.6. The van der Waals surface area contributed by atoms with Crippen molar-refractivity contribution in [2.75, 3.05) is 5.32 Å². The number of aromatic nitrogens is 3. The fourth-order valence-electron chi connectivity index (χ4n) is 4.42. The first-order valence-electron chi connectivity index (χ1n) is 9.37. The van der Waals surface area contributed by atoms with Crippen LogP contribution >= 0.6 is 15.9 Å². The van der Waals surface area contributed by atoms with E-state index >= 15 is 0 Å². The number of carbonyl (C=O) groups excluding carboxylic acids is 1.